The zero-order valence-corrected chi connectivity index (χ0v) is 15.2. The molecule has 0 aliphatic carbocycles. The van der Waals surface area contributed by atoms with Gasteiger partial charge in [0.15, 0.2) is 16.7 Å². The van der Waals surface area contributed by atoms with Crippen LogP contribution in [0.5, 0.6) is 11.5 Å². The van der Waals surface area contributed by atoms with Crippen LogP contribution >= 0.6 is 24.2 Å². The molecule has 0 aliphatic heterocycles. The second-order valence-corrected chi connectivity index (χ2v) is 5.47. The molecule has 0 spiro atoms. The van der Waals surface area contributed by atoms with Gasteiger partial charge in [0.1, 0.15) is 0 Å². The molecule has 2 rings (SSSR count). The van der Waals surface area contributed by atoms with Crippen molar-refractivity contribution in [2.45, 2.75) is 18.1 Å². The van der Waals surface area contributed by atoms with E-state index in [1.807, 2.05) is 30.8 Å². The number of hydrogen-bond acceptors (Lipinski definition) is 6. The topological polar surface area (TPSA) is 56.3 Å². The molecule has 1 aromatic carbocycles. The molecule has 1 N–H and O–H groups in total. The average Bonchev–Trinajstić information content (AvgIpc) is 2.59. The molecule has 126 valence electrons. The minimum Gasteiger partial charge on any atom is -0.493 e. The highest BCUT2D eigenvalue weighted by atomic mass is 35.5. The number of halogens is 1. The smallest absolute Gasteiger partial charge is 0.187 e. The summed E-state index contributed by atoms with van der Waals surface area (Å²) >= 11 is 1.54. The normalized spacial score (nSPS) is 10.0. The summed E-state index contributed by atoms with van der Waals surface area (Å²) in [6.45, 7) is 1.64. The summed E-state index contributed by atoms with van der Waals surface area (Å²) in [5.74, 6) is 1.52. The van der Waals surface area contributed by atoms with Crippen molar-refractivity contribution in [3.63, 3.8) is 0 Å². The largest absolute Gasteiger partial charge is 0.493 e. The van der Waals surface area contributed by atoms with E-state index in [0.29, 0.717) is 0 Å². The first kappa shape index (κ1) is 19.5. The number of nitrogens with one attached hydrogen (secondary N) is 1. The molecule has 0 atom stereocenters. The SMILES string of the molecule is COc1ccc(CCNCc2cnc(SC)nc2)cc1OC.Cl. The molecule has 0 unspecified atom stereocenters. The van der Waals surface area contributed by atoms with Gasteiger partial charge in [0.25, 0.3) is 0 Å². The fraction of sp³-hybridized carbons (Fsp3) is 0.375. The van der Waals surface area contributed by atoms with Crippen LogP contribution in [-0.4, -0.2) is 37.0 Å². The molecule has 1 heterocycles. The summed E-state index contributed by atoms with van der Waals surface area (Å²) < 4.78 is 10.5. The van der Waals surface area contributed by atoms with Crippen molar-refractivity contribution in [3.05, 3.63) is 41.7 Å². The fourth-order valence-electron chi connectivity index (χ4n) is 2.04. The molecule has 0 radical (unpaired) electrons. The van der Waals surface area contributed by atoms with Crippen molar-refractivity contribution in [1.82, 2.24) is 15.3 Å². The predicted octanol–water partition coefficient (Wildman–Crippen LogP) is 2.97. The van der Waals surface area contributed by atoms with Crippen molar-refractivity contribution in [3.8, 4) is 11.5 Å². The monoisotopic (exact) mass is 355 g/mol. The highest BCUT2D eigenvalue weighted by Crippen LogP contribution is 2.27. The molecule has 0 bridgehead atoms. The quantitative estimate of drug-likeness (QED) is 0.446. The number of hydrogen-bond donors (Lipinski definition) is 1. The second-order valence-electron chi connectivity index (χ2n) is 4.69. The lowest BCUT2D eigenvalue weighted by Gasteiger charge is -2.10. The van der Waals surface area contributed by atoms with Crippen molar-refractivity contribution < 1.29 is 9.47 Å². The second kappa shape index (κ2) is 10.3. The van der Waals surface area contributed by atoms with Gasteiger partial charge in [-0.05, 0) is 36.9 Å². The molecule has 2 aromatic rings. The summed E-state index contributed by atoms with van der Waals surface area (Å²) in [6.07, 6.45) is 6.62. The Hall–Kier alpha value is -1.50. The Morgan fingerprint density at radius 1 is 1.04 bits per heavy atom. The summed E-state index contributed by atoms with van der Waals surface area (Å²) in [5, 5.41) is 4.19. The number of benzene rings is 1. The maximum atomic E-state index is 5.31. The first-order chi connectivity index (χ1) is 10.8. The highest BCUT2D eigenvalue weighted by molar-refractivity contribution is 7.98. The molecular formula is C16H22ClN3O2S. The van der Waals surface area contributed by atoms with E-state index in [1.165, 1.54) is 5.56 Å². The number of rotatable bonds is 8. The third-order valence-corrected chi connectivity index (χ3v) is 3.81. The van der Waals surface area contributed by atoms with E-state index in [2.05, 4.69) is 21.4 Å². The molecule has 0 amide bonds. The number of aromatic nitrogens is 2. The number of ether oxygens (including phenoxy) is 2. The molecule has 0 fully saturated rings. The zero-order valence-electron chi connectivity index (χ0n) is 13.5. The Balaban J connectivity index is 0.00000264. The van der Waals surface area contributed by atoms with E-state index < -0.39 is 0 Å². The van der Waals surface area contributed by atoms with Crippen LogP contribution in [0.25, 0.3) is 0 Å². The van der Waals surface area contributed by atoms with Crippen LogP contribution in [0, 0.1) is 0 Å². The molecule has 0 aliphatic rings. The first-order valence-electron chi connectivity index (χ1n) is 7.03. The maximum Gasteiger partial charge on any atom is 0.187 e. The van der Waals surface area contributed by atoms with Gasteiger partial charge in [-0.1, -0.05) is 17.8 Å². The summed E-state index contributed by atoms with van der Waals surface area (Å²) in [6, 6.07) is 6.00. The number of thioether (sulfide) groups is 1. The van der Waals surface area contributed by atoms with Gasteiger partial charge in [0.2, 0.25) is 0 Å². The molecule has 0 saturated heterocycles. The van der Waals surface area contributed by atoms with Crippen molar-refractivity contribution in [1.29, 1.82) is 0 Å². The Labute approximate surface area is 147 Å². The van der Waals surface area contributed by atoms with Crippen LogP contribution < -0.4 is 14.8 Å². The van der Waals surface area contributed by atoms with Gasteiger partial charge in [-0.15, -0.1) is 12.4 Å². The van der Waals surface area contributed by atoms with E-state index in [-0.39, 0.29) is 12.4 Å². The third kappa shape index (κ3) is 5.89. The highest BCUT2D eigenvalue weighted by Gasteiger charge is 2.04. The van der Waals surface area contributed by atoms with E-state index in [9.17, 15) is 0 Å². The standard InChI is InChI=1S/C16H21N3O2S.ClH/c1-20-14-5-4-12(8-15(14)21-2)6-7-17-9-13-10-18-16(22-3)19-11-13;/h4-5,8,10-11,17H,6-7,9H2,1-3H3;1H. The van der Waals surface area contributed by atoms with Crippen LogP contribution in [0.2, 0.25) is 0 Å². The summed E-state index contributed by atoms with van der Waals surface area (Å²) in [7, 11) is 3.29. The Morgan fingerprint density at radius 3 is 2.35 bits per heavy atom. The van der Waals surface area contributed by atoms with Crippen LogP contribution in [0.1, 0.15) is 11.1 Å². The fourth-order valence-corrected chi connectivity index (χ4v) is 2.36. The van der Waals surface area contributed by atoms with Gasteiger partial charge >= 0.3 is 0 Å². The lowest BCUT2D eigenvalue weighted by molar-refractivity contribution is 0.354. The molecule has 5 nitrogen and oxygen atoms in total. The van der Waals surface area contributed by atoms with Crippen LogP contribution in [0.4, 0.5) is 0 Å². The van der Waals surface area contributed by atoms with E-state index in [1.54, 1.807) is 26.0 Å². The van der Waals surface area contributed by atoms with Crippen LogP contribution in [0.3, 0.4) is 0 Å². The maximum absolute atomic E-state index is 5.31. The minimum atomic E-state index is 0. The number of nitrogens with zero attached hydrogens (tertiary/aromatic N) is 2. The van der Waals surface area contributed by atoms with E-state index >= 15 is 0 Å². The van der Waals surface area contributed by atoms with Gasteiger partial charge in [0, 0.05) is 24.5 Å². The number of methoxy groups -OCH3 is 2. The van der Waals surface area contributed by atoms with Crippen LogP contribution in [-0.2, 0) is 13.0 Å². The summed E-state index contributed by atoms with van der Waals surface area (Å²) in [5.41, 5.74) is 2.30. The van der Waals surface area contributed by atoms with Crippen molar-refractivity contribution in [2.75, 3.05) is 27.0 Å². The van der Waals surface area contributed by atoms with Crippen molar-refractivity contribution in [2.24, 2.45) is 0 Å². The zero-order chi connectivity index (χ0) is 15.8. The lowest BCUT2D eigenvalue weighted by Crippen LogP contribution is -2.17. The van der Waals surface area contributed by atoms with E-state index in [0.717, 1.165) is 41.7 Å². The van der Waals surface area contributed by atoms with E-state index in [4.69, 9.17) is 9.47 Å². The lowest BCUT2D eigenvalue weighted by atomic mass is 10.1. The Bertz CT molecular complexity index is 596. The van der Waals surface area contributed by atoms with Gasteiger partial charge in [0.05, 0.1) is 14.2 Å². The molecule has 1 aromatic heterocycles. The predicted molar refractivity (Wildman–Crippen MR) is 96.0 cm³/mol. The molecule has 0 saturated carbocycles. The third-order valence-electron chi connectivity index (χ3n) is 3.23. The minimum absolute atomic E-state index is 0. The molecular weight excluding hydrogens is 334 g/mol. The Kier molecular flexibility index (Phi) is 8.76. The Morgan fingerprint density at radius 2 is 1.74 bits per heavy atom. The van der Waals surface area contributed by atoms with Gasteiger partial charge in [-0.3, -0.25) is 0 Å². The van der Waals surface area contributed by atoms with Gasteiger partial charge in [-0.2, -0.15) is 0 Å². The van der Waals surface area contributed by atoms with Crippen molar-refractivity contribution >= 4 is 24.2 Å². The molecule has 23 heavy (non-hydrogen) atoms. The van der Waals surface area contributed by atoms with Gasteiger partial charge in [-0.25, -0.2) is 9.97 Å². The first-order valence-corrected chi connectivity index (χ1v) is 8.26. The van der Waals surface area contributed by atoms with Crippen LogP contribution in [0.15, 0.2) is 35.7 Å². The van der Waals surface area contributed by atoms with Gasteiger partial charge < -0.3 is 14.8 Å². The molecule has 7 heteroatoms. The summed E-state index contributed by atoms with van der Waals surface area (Å²) in [4.78, 5) is 8.51. The average molecular weight is 356 g/mol.